The molecule has 3 rings (SSSR count). The van der Waals surface area contributed by atoms with Gasteiger partial charge in [-0.3, -0.25) is 9.59 Å². The second-order valence-electron chi connectivity index (χ2n) is 7.69. The summed E-state index contributed by atoms with van der Waals surface area (Å²) in [6, 6.07) is 9.47. The molecule has 0 aliphatic carbocycles. The molecule has 1 aromatic heterocycles. The Bertz CT molecular complexity index is 887. The minimum Gasteiger partial charge on any atom is -0.497 e. The standard InChI is InChI=1S/C23H29NO5/c1-5-28-22(26)23(14-18-8-6-9-19(13-18)27-4)10-7-11-24(15-23)21(25)20-12-16(2)29-17(20)3/h6,8-9,12-13H,5,7,10-11,14-15H2,1-4H3/t23-/m0/s1. The molecule has 1 saturated heterocycles. The van der Waals surface area contributed by atoms with Gasteiger partial charge in [0.15, 0.2) is 0 Å². The van der Waals surface area contributed by atoms with Gasteiger partial charge >= 0.3 is 5.97 Å². The van der Waals surface area contributed by atoms with Crippen LogP contribution in [-0.4, -0.2) is 43.6 Å². The zero-order chi connectivity index (χ0) is 21.0. The molecule has 1 aliphatic heterocycles. The van der Waals surface area contributed by atoms with Gasteiger partial charge in [-0.05, 0) is 63.8 Å². The average Bonchev–Trinajstić information content (AvgIpc) is 3.05. The monoisotopic (exact) mass is 399 g/mol. The van der Waals surface area contributed by atoms with E-state index >= 15 is 0 Å². The molecule has 0 spiro atoms. The minimum absolute atomic E-state index is 0.0987. The molecule has 0 N–H and O–H groups in total. The van der Waals surface area contributed by atoms with Crippen molar-refractivity contribution >= 4 is 11.9 Å². The van der Waals surface area contributed by atoms with Crippen LogP contribution < -0.4 is 4.74 Å². The fourth-order valence-corrected chi connectivity index (χ4v) is 4.16. The number of carbonyl (C=O) groups excluding carboxylic acids is 2. The third-order valence-corrected chi connectivity index (χ3v) is 5.52. The predicted octanol–water partition coefficient (Wildman–Crippen LogP) is 3.93. The number of furan rings is 1. The van der Waals surface area contributed by atoms with Gasteiger partial charge in [0.2, 0.25) is 0 Å². The molecule has 29 heavy (non-hydrogen) atoms. The fourth-order valence-electron chi connectivity index (χ4n) is 4.16. The second kappa shape index (κ2) is 8.72. The highest BCUT2D eigenvalue weighted by Crippen LogP contribution is 2.37. The van der Waals surface area contributed by atoms with Gasteiger partial charge < -0.3 is 18.8 Å². The van der Waals surface area contributed by atoms with E-state index in [2.05, 4.69) is 0 Å². The van der Waals surface area contributed by atoms with Crippen molar-refractivity contribution in [2.75, 3.05) is 26.8 Å². The third-order valence-electron chi connectivity index (χ3n) is 5.52. The number of carbonyl (C=O) groups is 2. The zero-order valence-corrected chi connectivity index (χ0v) is 17.6. The SMILES string of the molecule is CCOC(=O)[C@]1(Cc2cccc(OC)c2)CCCN(C(=O)c2cc(C)oc2C)C1. The van der Waals surface area contributed by atoms with Gasteiger partial charge in [-0.1, -0.05) is 12.1 Å². The summed E-state index contributed by atoms with van der Waals surface area (Å²) in [5.74, 6) is 1.71. The molecule has 1 atom stereocenters. The van der Waals surface area contributed by atoms with Crippen molar-refractivity contribution in [1.82, 2.24) is 4.90 Å². The minimum atomic E-state index is -0.775. The maximum Gasteiger partial charge on any atom is 0.314 e. The number of likely N-dealkylation sites (tertiary alicyclic amines) is 1. The van der Waals surface area contributed by atoms with E-state index in [-0.39, 0.29) is 11.9 Å². The summed E-state index contributed by atoms with van der Waals surface area (Å²) >= 11 is 0. The van der Waals surface area contributed by atoms with Crippen molar-refractivity contribution in [1.29, 1.82) is 0 Å². The molecule has 1 fully saturated rings. The first-order valence-electron chi connectivity index (χ1n) is 10.0. The number of methoxy groups -OCH3 is 1. The number of hydrogen-bond donors (Lipinski definition) is 0. The van der Waals surface area contributed by atoms with Gasteiger partial charge in [0.1, 0.15) is 17.3 Å². The summed E-state index contributed by atoms with van der Waals surface area (Å²) in [7, 11) is 1.62. The van der Waals surface area contributed by atoms with Gasteiger partial charge in [-0.2, -0.15) is 0 Å². The Kier molecular flexibility index (Phi) is 6.30. The van der Waals surface area contributed by atoms with Crippen LogP contribution in [0.3, 0.4) is 0 Å². The molecule has 0 bridgehead atoms. The highest BCUT2D eigenvalue weighted by Gasteiger charge is 2.45. The van der Waals surface area contributed by atoms with E-state index in [4.69, 9.17) is 13.9 Å². The molecule has 0 saturated carbocycles. The van der Waals surface area contributed by atoms with Crippen molar-refractivity contribution < 1.29 is 23.5 Å². The quantitative estimate of drug-likeness (QED) is 0.689. The van der Waals surface area contributed by atoms with Crippen molar-refractivity contribution in [3.05, 3.63) is 53.0 Å². The summed E-state index contributed by atoms with van der Waals surface area (Å²) in [6.07, 6.45) is 1.91. The first-order chi connectivity index (χ1) is 13.9. The first-order valence-corrected chi connectivity index (χ1v) is 10.0. The van der Waals surface area contributed by atoms with E-state index < -0.39 is 5.41 Å². The Balaban J connectivity index is 1.90. The highest BCUT2D eigenvalue weighted by atomic mass is 16.5. The number of esters is 1. The Hall–Kier alpha value is -2.76. The van der Waals surface area contributed by atoms with E-state index in [1.807, 2.05) is 31.2 Å². The van der Waals surface area contributed by atoms with Crippen LogP contribution in [0.15, 0.2) is 34.7 Å². The summed E-state index contributed by atoms with van der Waals surface area (Å²) in [6.45, 7) is 6.67. The Morgan fingerprint density at radius 2 is 2.03 bits per heavy atom. The lowest BCUT2D eigenvalue weighted by Crippen LogP contribution is -2.51. The van der Waals surface area contributed by atoms with E-state index in [0.29, 0.717) is 49.6 Å². The van der Waals surface area contributed by atoms with E-state index in [1.54, 1.807) is 31.9 Å². The highest BCUT2D eigenvalue weighted by molar-refractivity contribution is 5.96. The summed E-state index contributed by atoms with van der Waals surface area (Å²) < 4.78 is 16.3. The van der Waals surface area contributed by atoms with Crippen LogP contribution in [0.25, 0.3) is 0 Å². The molecule has 1 aromatic carbocycles. The molecule has 2 heterocycles. The molecule has 1 aliphatic rings. The molecule has 6 heteroatoms. The lowest BCUT2D eigenvalue weighted by atomic mass is 9.75. The number of aryl methyl sites for hydroxylation is 2. The van der Waals surface area contributed by atoms with Crippen molar-refractivity contribution in [2.45, 2.75) is 40.0 Å². The Morgan fingerprint density at radius 1 is 1.24 bits per heavy atom. The van der Waals surface area contributed by atoms with E-state index in [0.717, 1.165) is 17.7 Å². The van der Waals surface area contributed by atoms with Gasteiger partial charge in [0.05, 0.1) is 24.7 Å². The second-order valence-corrected chi connectivity index (χ2v) is 7.69. The smallest absolute Gasteiger partial charge is 0.314 e. The van der Waals surface area contributed by atoms with Crippen LogP contribution in [0.2, 0.25) is 0 Å². The van der Waals surface area contributed by atoms with E-state index in [9.17, 15) is 9.59 Å². The Morgan fingerprint density at radius 3 is 2.69 bits per heavy atom. The third kappa shape index (κ3) is 4.47. The van der Waals surface area contributed by atoms with Crippen molar-refractivity contribution in [3.8, 4) is 5.75 Å². The van der Waals surface area contributed by atoms with Crippen LogP contribution in [0, 0.1) is 19.3 Å². The molecule has 2 aromatic rings. The van der Waals surface area contributed by atoms with Gasteiger partial charge in [-0.15, -0.1) is 0 Å². The number of piperidine rings is 1. The van der Waals surface area contributed by atoms with Crippen LogP contribution in [-0.2, 0) is 16.0 Å². The van der Waals surface area contributed by atoms with E-state index in [1.165, 1.54) is 0 Å². The molecular formula is C23H29NO5. The predicted molar refractivity (Wildman–Crippen MR) is 109 cm³/mol. The topological polar surface area (TPSA) is 69.0 Å². The molecule has 1 amide bonds. The number of amides is 1. The number of ether oxygens (including phenoxy) is 2. The maximum absolute atomic E-state index is 13.1. The normalized spacial score (nSPS) is 19.1. The van der Waals surface area contributed by atoms with Crippen LogP contribution in [0.4, 0.5) is 0 Å². The largest absolute Gasteiger partial charge is 0.497 e. The molecule has 156 valence electrons. The van der Waals surface area contributed by atoms with Gasteiger partial charge in [0, 0.05) is 13.1 Å². The molecule has 0 radical (unpaired) electrons. The molecule has 0 unspecified atom stereocenters. The summed E-state index contributed by atoms with van der Waals surface area (Å²) in [5, 5.41) is 0. The van der Waals surface area contributed by atoms with Gasteiger partial charge in [-0.25, -0.2) is 0 Å². The first kappa shape index (κ1) is 21.0. The zero-order valence-electron chi connectivity index (χ0n) is 17.6. The maximum atomic E-state index is 13.1. The number of rotatable bonds is 6. The van der Waals surface area contributed by atoms with Crippen LogP contribution in [0.5, 0.6) is 5.75 Å². The number of benzene rings is 1. The van der Waals surface area contributed by atoms with Gasteiger partial charge in [0.25, 0.3) is 5.91 Å². The molecular weight excluding hydrogens is 370 g/mol. The average molecular weight is 399 g/mol. The Labute approximate surface area is 171 Å². The van der Waals surface area contributed by atoms with Crippen molar-refractivity contribution in [3.63, 3.8) is 0 Å². The van der Waals surface area contributed by atoms with Crippen molar-refractivity contribution in [2.24, 2.45) is 5.41 Å². The summed E-state index contributed by atoms with van der Waals surface area (Å²) in [4.78, 5) is 28.0. The fraction of sp³-hybridized carbons (Fsp3) is 0.478. The molecule has 6 nitrogen and oxygen atoms in total. The lowest BCUT2D eigenvalue weighted by molar-refractivity contribution is -0.158. The number of hydrogen-bond acceptors (Lipinski definition) is 5. The number of nitrogens with zero attached hydrogens (tertiary/aromatic N) is 1. The lowest BCUT2D eigenvalue weighted by Gasteiger charge is -2.41. The summed E-state index contributed by atoms with van der Waals surface area (Å²) in [5.41, 5.74) is 0.772. The van der Waals surface area contributed by atoms with Crippen LogP contribution in [0.1, 0.15) is 47.2 Å². The van der Waals surface area contributed by atoms with Crippen LogP contribution >= 0.6 is 0 Å².